The predicted octanol–water partition coefficient (Wildman–Crippen LogP) is 1.20. The second kappa shape index (κ2) is 5.50. The molecule has 0 aliphatic heterocycles. The Kier molecular flexibility index (Phi) is 3.66. The number of rotatable bonds is 2. The van der Waals surface area contributed by atoms with E-state index in [1.807, 2.05) is 24.3 Å². The summed E-state index contributed by atoms with van der Waals surface area (Å²) in [5, 5.41) is 9.13. The lowest BCUT2D eigenvalue weighted by molar-refractivity contribution is -0.137. The van der Waals surface area contributed by atoms with Crippen molar-refractivity contribution < 1.29 is 19.5 Å². The Morgan fingerprint density at radius 1 is 1.23 bits per heavy atom. The van der Waals surface area contributed by atoms with Crippen molar-refractivity contribution in [1.29, 1.82) is 0 Å². The van der Waals surface area contributed by atoms with Crippen LogP contribution in [0, 0.1) is 11.8 Å². The van der Waals surface area contributed by atoms with Gasteiger partial charge < -0.3 is 10.8 Å². The Labute approximate surface area is 127 Å². The zero-order valence-corrected chi connectivity index (χ0v) is 12.0. The molecule has 1 aromatic rings. The number of carboxylic acids is 1. The standard InChI is InChI=1S/C17H17NO4/c18-16-14(19)7-10-5-9-3-1-2-4-12(9)11(8-15(20)21)6-13(10)17(16)22/h1-4,6,10,13,16H,5,7-8,18H2,(H,20,21). The first-order chi connectivity index (χ1) is 10.5. The molecule has 0 spiro atoms. The highest BCUT2D eigenvalue weighted by Gasteiger charge is 2.41. The summed E-state index contributed by atoms with van der Waals surface area (Å²) in [4.78, 5) is 35.4. The number of carboxylic acid groups (broad SMARTS) is 1. The molecule has 3 N–H and O–H groups in total. The molecule has 0 heterocycles. The van der Waals surface area contributed by atoms with E-state index in [1.54, 1.807) is 6.08 Å². The number of Topliss-reactive ketones (excluding diaryl/α,β-unsaturated/α-hetero) is 2. The van der Waals surface area contributed by atoms with Gasteiger partial charge in [-0.2, -0.15) is 0 Å². The van der Waals surface area contributed by atoms with Gasteiger partial charge in [-0.05, 0) is 29.0 Å². The molecule has 3 rings (SSSR count). The molecule has 1 fully saturated rings. The van der Waals surface area contributed by atoms with E-state index >= 15 is 0 Å². The molecule has 5 nitrogen and oxygen atoms in total. The largest absolute Gasteiger partial charge is 0.481 e. The van der Waals surface area contributed by atoms with Crippen molar-refractivity contribution in [2.75, 3.05) is 0 Å². The van der Waals surface area contributed by atoms with Gasteiger partial charge in [0.1, 0.15) is 6.04 Å². The van der Waals surface area contributed by atoms with Gasteiger partial charge in [0.2, 0.25) is 0 Å². The Balaban J connectivity index is 2.09. The molecule has 0 radical (unpaired) electrons. The molecule has 0 amide bonds. The summed E-state index contributed by atoms with van der Waals surface area (Å²) in [7, 11) is 0. The number of allylic oxidation sites excluding steroid dienone is 1. The number of ketones is 2. The summed E-state index contributed by atoms with van der Waals surface area (Å²) in [5.74, 6) is -2.07. The van der Waals surface area contributed by atoms with Crippen LogP contribution in [0.15, 0.2) is 30.3 Å². The van der Waals surface area contributed by atoms with Crippen molar-refractivity contribution in [2.24, 2.45) is 17.6 Å². The van der Waals surface area contributed by atoms with Crippen molar-refractivity contribution >= 4 is 23.1 Å². The van der Waals surface area contributed by atoms with Gasteiger partial charge in [0.15, 0.2) is 11.6 Å². The fraction of sp³-hybridized carbons (Fsp3) is 0.353. The fourth-order valence-corrected chi connectivity index (χ4v) is 3.45. The highest BCUT2D eigenvalue weighted by Crippen LogP contribution is 2.37. The van der Waals surface area contributed by atoms with Gasteiger partial charge in [0.05, 0.1) is 6.42 Å². The summed E-state index contributed by atoms with van der Waals surface area (Å²) < 4.78 is 0. The molecule has 3 atom stereocenters. The number of nitrogens with two attached hydrogens (primary N) is 1. The van der Waals surface area contributed by atoms with Crippen LogP contribution in [0.4, 0.5) is 0 Å². The monoisotopic (exact) mass is 299 g/mol. The Morgan fingerprint density at radius 3 is 2.68 bits per heavy atom. The molecule has 5 heteroatoms. The van der Waals surface area contributed by atoms with Crippen LogP contribution in [-0.2, 0) is 20.8 Å². The van der Waals surface area contributed by atoms with Gasteiger partial charge in [-0.15, -0.1) is 0 Å². The zero-order valence-electron chi connectivity index (χ0n) is 12.0. The first-order valence-corrected chi connectivity index (χ1v) is 7.30. The second-order valence-corrected chi connectivity index (χ2v) is 5.96. The Bertz CT molecular complexity index is 692. The number of hydrogen-bond acceptors (Lipinski definition) is 4. The van der Waals surface area contributed by atoms with Crippen LogP contribution in [0.25, 0.3) is 5.57 Å². The third-order valence-corrected chi connectivity index (χ3v) is 4.52. The number of hydrogen-bond donors (Lipinski definition) is 2. The predicted molar refractivity (Wildman–Crippen MR) is 80.0 cm³/mol. The highest BCUT2D eigenvalue weighted by atomic mass is 16.4. The van der Waals surface area contributed by atoms with Gasteiger partial charge in [0.25, 0.3) is 0 Å². The van der Waals surface area contributed by atoms with Gasteiger partial charge >= 0.3 is 5.97 Å². The Morgan fingerprint density at radius 2 is 1.95 bits per heavy atom. The van der Waals surface area contributed by atoms with E-state index in [9.17, 15) is 14.4 Å². The van der Waals surface area contributed by atoms with E-state index in [0.29, 0.717) is 12.0 Å². The molecule has 3 unspecified atom stereocenters. The van der Waals surface area contributed by atoms with E-state index in [0.717, 1.165) is 11.1 Å². The maximum absolute atomic E-state index is 12.4. The molecular formula is C17H17NO4. The van der Waals surface area contributed by atoms with Crippen LogP contribution in [0.2, 0.25) is 0 Å². The summed E-state index contributed by atoms with van der Waals surface area (Å²) in [6.45, 7) is 0. The molecular weight excluding hydrogens is 282 g/mol. The summed E-state index contributed by atoms with van der Waals surface area (Å²) in [6, 6.07) is 6.45. The minimum atomic E-state index is -1.08. The molecule has 0 bridgehead atoms. The molecule has 0 aromatic heterocycles. The van der Waals surface area contributed by atoms with Gasteiger partial charge in [-0.25, -0.2) is 0 Å². The highest BCUT2D eigenvalue weighted by molar-refractivity contribution is 6.10. The van der Waals surface area contributed by atoms with Crippen LogP contribution < -0.4 is 5.73 Å². The third-order valence-electron chi connectivity index (χ3n) is 4.52. The SMILES string of the molecule is NC1C(=O)CC2Cc3ccccc3C(CC(=O)O)=CC2C1=O. The van der Waals surface area contributed by atoms with E-state index in [1.165, 1.54) is 0 Å². The van der Waals surface area contributed by atoms with Crippen molar-refractivity contribution in [3.8, 4) is 0 Å². The lowest BCUT2D eigenvalue weighted by atomic mass is 9.73. The van der Waals surface area contributed by atoms with Crippen molar-refractivity contribution in [3.63, 3.8) is 0 Å². The van der Waals surface area contributed by atoms with E-state index in [4.69, 9.17) is 10.8 Å². The maximum atomic E-state index is 12.4. The number of fused-ring (bicyclic) bond motifs is 2. The number of aliphatic carboxylic acids is 1. The molecule has 0 saturated heterocycles. The van der Waals surface area contributed by atoms with Crippen LogP contribution in [-0.4, -0.2) is 28.7 Å². The lowest BCUT2D eigenvalue weighted by Crippen LogP contribution is -2.49. The number of carbonyl (C=O) groups is 3. The van der Waals surface area contributed by atoms with Crippen molar-refractivity contribution in [1.82, 2.24) is 0 Å². The minimum Gasteiger partial charge on any atom is -0.481 e. The Hall–Kier alpha value is -2.27. The van der Waals surface area contributed by atoms with E-state index in [-0.39, 0.29) is 30.3 Å². The van der Waals surface area contributed by atoms with E-state index < -0.39 is 17.9 Å². The summed E-state index contributed by atoms with van der Waals surface area (Å²) in [6.07, 6.45) is 2.43. The topological polar surface area (TPSA) is 97.5 Å². The maximum Gasteiger partial charge on any atom is 0.307 e. The van der Waals surface area contributed by atoms with Gasteiger partial charge in [-0.3, -0.25) is 14.4 Å². The average molecular weight is 299 g/mol. The van der Waals surface area contributed by atoms with Crippen molar-refractivity contribution in [3.05, 3.63) is 41.5 Å². The zero-order chi connectivity index (χ0) is 15.9. The minimum absolute atomic E-state index is 0.132. The second-order valence-electron chi connectivity index (χ2n) is 5.96. The van der Waals surface area contributed by atoms with Gasteiger partial charge in [-0.1, -0.05) is 30.3 Å². The van der Waals surface area contributed by atoms with Crippen LogP contribution in [0.3, 0.4) is 0 Å². The number of benzene rings is 1. The van der Waals surface area contributed by atoms with Crippen molar-refractivity contribution in [2.45, 2.75) is 25.3 Å². The fourth-order valence-electron chi connectivity index (χ4n) is 3.45. The van der Waals surface area contributed by atoms with Gasteiger partial charge in [0, 0.05) is 12.3 Å². The molecule has 1 aromatic carbocycles. The molecule has 22 heavy (non-hydrogen) atoms. The normalized spacial score (nSPS) is 27.5. The molecule has 2 aliphatic carbocycles. The first-order valence-electron chi connectivity index (χ1n) is 7.30. The summed E-state index contributed by atoms with van der Waals surface area (Å²) >= 11 is 0. The lowest BCUT2D eigenvalue weighted by Gasteiger charge is -2.30. The smallest absolute Gasteiger partial charge is 0.307 e. The van der Waals surface area contributed by atoms with E-state index in [2.05, 4.69) is 0 Å². The average Bonchev–Trinajstić information content (AvgIpc) is 2.62. The van der Waals surface area contributed by atoms with Crippen LogP contribution in [0.5, 0.6) is 0 Å². The van der Waals surface area contributed by atoms with Crippen LogP contribution in [0.1, 0.15) is 24.0 Å². The molecule has 1 saturated carbocycles. The third kappa shape index (κ3) is 2.48. The van der Waals surface area contributed by atoms with Crippen LogP contribution >= 0.6 is 0 Å². The quantitative estimate of drug-likeness (QED) is 0.800. The summed E-state index contributed by atoms with van der Waals surface area (Å²) in [5.41, 5.74) is 8.16. The molecule has 2 aliphatic rings. The number of carbonyl (C=O) groups excluding carboxylic acids is 2. The molecule has 114 valence electrons. The first kappa shape index (κ1) is 14.7.